The molecule has 1 aromatic heterocycles. The lowest BCUT2D eigenvalue weighted by Gasteiger charge is -2.18. The van der Waals surface area contributed by atoms with Crippen LogP contribution in [0.4, 0.5) is 5.82 Å². The van der Waals surface area contributed by atoms with Crippen LogP contribution in [0, 0.1) is 5.92 Å². The summed E-state index contributed by atoms with van der Waals surface area (Å²) in [6, 6.07) is 3.26. The fourth-order valence-electron chi connectivity index (χ4n) is 2.24. The fourth-order valence-corrected chi connectivity index (χ4v) is 3.71. The van der Waals surface area contributed by atoms with E-state index in [1.165, 1.54) is 12.8 Å². The molecule has 20 heavy (non-hydrogen) atoms. The Labute approximate surface area is 121 Å². The van der Waals surface area contributed by atoms with Gasteiger partial charge in [0.15, 0.2) is 0 Å². The second-order valence-corrected chi connectivity index (χ2v) is 6.97. The van der Waals surface area contributed by atoms with Crippen molar-refractivity contribution in [1.82, 2.24) is 9.71 Å². The molecule has 1 unspecified atom stereocenters. The van der Waals surface area contributed by atoms with Crippen molar-refractivity contribution in [2.75, 3.05) is 11.9 Å². The van der Waals surface area contributed by atoms with E-state index in [0.717, 1.165) is 12.8 Å². The first-order valence-electron chi connectivity index (χ1n) is 7.28. The Kier molecular flexibility index (Phi) is 4.99. The third kappa shape index (κ3) is 3.93. The Bertz CT molecular complexity index is 541. The minimum absolute atomic E-state index is 0.0159. The van der Waals surface area contributed by atoms with Gasteiger partial charge in [0.05, 0.1) is 0 Å². The van der Waals surface area contributed by atoms with Gasteiger partial charge in [-0.1, -0.05) is 19.8 Å². The van der Waals surface area contributed by atoms with Gasteiger partial charge in [-0.2, -0.15) is 0 Å². The molecule has 1 aromatic rings. The second-order valence-electron chi connectivity index (χ2n) is 5.29. The van der Waals surface area contributed by atoms with Crippen LogP contribution in [0.15, 0.2) is 23.2 Å². The van der Waals surface area contributed by atoms with Crippen LogP contribution in [0.2, 0.25) is 0 Å². The van der Waals surface area contributed by atoms with Gasteiger partial charge in [0, 0.05) is 18.8 Å². The zero-order valence-electron chi connectivity index (χ0n) is 12.1. The predicted molar refractivity (Wildman–Crippen MR) is 80.1 cm³/mol. The van der Waals surface area contributed by atoms with E-state index in [0.29, 0.717) is 18.3 Å². The summed E-state index contributed by atoms with van der Waals surface area (Å²) >= 11 is 0. The highest BCUT2D eigenvalue weighted by molar-refractivity contribution is 7.89. The summed E-state index contributed by atoms with van der Waals surface area (Å²) in [4.78, 5) is 4.34. The van der Waals surface area contributed by atoms with Crippen molar-refractivity contribution in [2.24, 2.45) is 5.92 Å². The Balaban J connectivity index is 2.15. The monoisotopic (exact) mass is 297 g/mol. The molecular weight excluding hydrogens is 274 g/mol. The van der Waals surface area contributed by atoms with Crippen molar-refractivity contribution in [2.45, 2.75) is 50.5 Å². The van der Waals surface area contributed by atoms with Gasteiger partial charge in [0.1, 0.15) is 10.7 Å². The van der Waals surface area contributed by atoms with E-state index < -0.39 is 10.0 Å². The highest BCUT2D eigenvalue weighted by Crippen LogP contribution is 2.34. The average Bonchev–Trinajstić information content (AvgIpc) is 3.22. The maximum absolute atomic E-state index is 12.5. The Morgan fingerprint density at radius 2 is 2.15 bits per heavy atom. The highest BCUT2D eigenvalue weighted by atomic mass is 32.2. The lowest BCUT2D eigenvalue weighted by atomic mass is 10.1. The molecule has 0 amide bonds. The number of hydrogen-bond acceptors (Lipinski definition) is 4. The van der Waals surface area contributed by atoms with Crippen LogP contribution in [-0.4, -0.2) is 26.0 Å². The first-order valence-corrected chi connectivity index (χ1v) is 8.76. The molecule has 1 atom stereocenters. The Morgan fingerprint density at radius 3 is 2.75 bits per heavy atom. The molecule has 1 aliphatic carbocycles. The van der Waals surface area contributed by atoms with E-state index >= 15 is 0 Å². The summed E-state index contributed by atoms with van der Waals surface area (Å²) < 4.78 is 27.8. The molecule has 0 aromatic carbocycles. The quantitative estimate of drug-likeness (QED) is 0.773. The SMILES string of the molecule is CCNc1ncccc1S(=O)(=O)NC(CC)CC1CC1. The number of nitrogens with one attached hydrogen (secondary N) is 2. The van der Waals surface area contributed by atoms with Crippen molar-refractivity contribution >= 4 is 15.8 Å². The normalized spacial score (nSPS) is 16.9. The number of nitrogens with zero attached hydrogens (tertiary/aromatic N) is 1. The maximum Gasteiger partial charge on any atom is 0.244 e. The summed E-state index contributed by atoms with van der Waals surface area (Å²) in [5.41, 5.74) is 0. The summed E-state index contributed by atoms with van der Waals surface area (Å²) in [5, 5.41) is 3.00. The maximum atomic E-state index is 12.5. The first kappa shape index (κ1) is 15.3. The molecule has 2 rings (SSSR count). The summed E-state index contributed by atoms with van der Waals surface area (Å²) in [5.74, 6) is 1.12. The Hall–Kier alpha value is -1.14. The van der Waals surface area contributed by atoms with Gasteiger partial charge in [0.25, 0.3) is 0 Å². The molecule has 1 fully saturated rings. The summed E-state index contributed by atoms with van der Waals surface area (Å²) in [7, 11) is -3.52. The minimum atomic E-state index is -3.52. The molecule has 6 heteroatoms. The standard InChI is InChI=1S/C14H23N3O2S/c1-3-12(10-11-7-8-11)17-20(18,19)13-6-5-9-16-14(13)15-4-2/h5-6,9,11-12,17H,3-4,7-8,10H2,1-2H3,(H,15,16). The van der Waals surface area contributed by atoms with Gasteiger partial charge in [-0.25, -0.2) is 18.1 Å². The first-order chi connectivity index (χ1) is 9.56. The summed E-state index contributed by atoms with van der Waals surface area (Å²) in [6.07, 6.45) is 5.80. The van der Waals surface area contributed by atoms with Crippen LogP contribution in [0.5, 0.6) is 0 Å². The number of hydrogen-bond donors (Lipinski definition) is 2. The number of aromatic nitrogens is 1. The minimum Gasteiger partial charge on any atom is -0.369 e. The zero-order chi connectivity index (χ0) is 14.6. The molecule has 5 nitrogen and oxygen atoms in total. The topological polar surface area (TPSA) is 71.1 Å². The van der Waals surface area contributed by atoms with E-state index in [1.54, 1.807) is 18.3 Å². The molecule has 112 valence electrons. The third-order valence-electron chi connectivity index (χ3n) is 3.53. The number of pyridine rings is 1. The average molecular weight is 297 g/mol. The van der Waals surface area contributed by atoms with Crippen molar-refractivity contribution in [1.29, 1.82) is 0 Å². The van der Waals surface area contributed by atoms with Crippen LogP contribution >= 0.6 is 0 Å². The number of rotatable bonds is 8. The third-order valence-corrected chi connectivity index (χ3v) is 5.09. The van der Waals surface area contributed by atoms with Crippen LogP contribution in [0.3, 0.4) is 0 Å². The predicted octanol–water partition coefficient (Wildman–Crippen LogP) is 2.37. The molecular formula is C14H23N3O2S. The van der Waals surface area contributed by atoms with Gasteiger partial charge in [-0.15, -0.1) is 0 Å². The lowest BCUT2D eigenvalue weighted by Crippen LogP contribution is -2.35. The van der Waals surface area contributed by atoms with Crippen molar-refractivity contribution < 1.29 is 8.42 Å². The van der Waals surface area contributed by atoms with Gasteiger partial charge in [-0.05, 0) is 37.8 Å². The second kappa shape index (κ2) is 6.54. The van der Waals surface area contributed by atoms with Gasteiger partial charge in [-0.3, -0.25) is 0 Å². The molecule has 1 aliphatic rings. The molecule has 0 radical (unpaired) electrons. The van der Waals surface area contributed by atoms with Crippen LogP contribution in [0.1, 0.15) is 39.5 Å². The van der Waals surface area contributed by atoms with Crippen LogP contribution in [-0.2, 0) is 10.0 Å². The van der Waals surface area contributed by atoms with Gasteiger partial charge >= 0.3 is 0 Å². The van der Waals surface area contributed by atoms with Crippen molar-refractivity contribution in [3.05, 3.63) is 18.3 Å². The zero-order valence-corrected chi connectivity index (χ0v) is 12.9. The van der Waals surface area contributed by atoms with E-state index in [-0.39, 0.29) is 10.9 Å². The van der Waals surface area contributed by atoms with E-state index in [4.69, 9.17) is 0 Å². The molecule has 0 bridgehead atoms. The van der Waals surface area contributed by atoms with Gasteiger partial charge < -0.3 is 5.32 Å². The smallest absolute Gasteiger partial charge is 0.244 e. The highest BCUT2D eigenvalue weighted by Gasteiger charge is 2.28. The van der Waals surface area contributed by atoms with Crippen molar-refractivity contribution in [3.8, 4) is 0 Å². The molecule has 0 aliphatic heterocycles. The molecule has 1 heterocycles. The molecule has 0 saturated heterocycles. The fraction of sp³-hybridized carbons (Fsp3) is 0.643. The van der Waals surface area contributed by atoms with E-state index in [9.17, 15) is 8.42 Å². The van der Waals surface area contributed by atoms with E-state index in [2.05, 4.69) is 15.0 Å². The number of anilines is 1. The molecule has 2 N–H and O–H groups in total. The summed E-state index contributed by atoms with van der Waals surface area (Å²) in [6.45, 7) is 4.57. The lowest BCUT2D eigenvalue weighted by molar-refractivity contribution is 0.495. The molecule has 1 saturated carbocycles. The van der Waals surface area contributed by atoms with E-state index in [1.807, 2.05) is 13.8 Å². The number of sulfonamides is 1. The van der Waals surface area contributed by atoms with Gasteiger partial charge in [0.2, 0.25) is 10.0 Å². The largest absolute Gasteiger partial charge is 0.369 e. The van der Waals surface area contributed by atoms with Crippen LogP contribution < -0.4 is 10.0 Å². The Morgan fingerprint density at radius 1 is 1.40 bits per heavy atom. The molecule has 0 spiro atoms. The van der Waals surface area contributed by atoms with Crippen LogP contribution in [0.25, 0.3) is 0 Å². The van der Waals surface area contributed by atoms with Crippen molar-refractivity contribution in [3.63, 3.8) is 0 Å².